The van der Waals surface area contributed by atoms with Crippen LogP contribution in [-0.2, 0) is 44.4 Å². The van der Waals surface area contributed by atoms with Gasteiger partial charge in [-0.05, 0) is 20.3 Å². The van der Waals surface area contributed by atoms with Gasteiger partial charge in [0, 0.05) is 11.8 Å². The Balaban J connectivity index is 1.75. The first-order chi connectivity index (χ1) is 10.3. The highest BCUT2D eigenvalue weighted by atomic mass is 32.5. The fraction of sp³-hybridized carbons (Fsp3) is 0.750. The van der Waals surface area contributed by atoms with Crippen molar-refractivity contribution in [3.8, 4) is 0 Å². The third-order valence-electron chi connectivity index (χ3n) is 3.28. The van der Waals surface area contributed by atoms with Crippen molar-refractivity contribution in [1.29, 1.82) is 0 Å². The molecule has 0 radical (unpaired) electrons. The van der Waals surface area contributed by atoms with Crippen LogP contribution in [0, 0.1) is 0 Å². The monoisotopic (exact) mass is 352 g/mol. The van der Waals surface area contributed by atoms with E-state index in [1.807, 2.05) is 0 Å². The standard InChI is InChI=1S/C12H17O8PS/c1-12(2)15-6-7(19-12)9-8(13)10(11(14)18-9)20-21(22)16-4-3-5-17-21/h7,9,13H,3-6H2,1-2H3/t7-,9+/m0/s1. The summed E-state index contributed by atoms with van der Waals surface area (Å²) in [4.78, 5) is 11.9. The molecule has 0 aromatic rings. The number of aliphatic hydroxyl groups excluding tert-OH is 1. The molecule has 10 heteroatoms. The summed E-state index contributed by atoms with van der Waals surface area (Å²) in [5.74, 6) is -2.37. The lowest BCUT2D eigenvalue weighted by Gasteiger charge is -2.25. The van der Waals surface area contributed by atoms with E-state index in [0.717, 1.165) is 0 Å². The quantitative estimate of drug-likeness (QED) is 0.599. The summed E-state index contributed by atoms with van der Waals surface area (Å²) in [7, 11) is 0. The molecule has 1 N–H and O–H groups in total. The topological polar surface area (TPSA) is 92.7 Å². The molecule has 0 saturated carbocycles. The van der Waals surface area contributed by atoms with Crippen LogP contribution in [0.15, 0.2) is 11.5 Å². The summed E-state index contributed by atoms with van der Waals surface area (Å²) < 4.78 is 32.0. The Hall–Kier alpha value is -0.700. The third-order valence-corrected chi connectivity index (χ3v) is 5.54. The van der Waals surface area contributed by atoms with Gasteiger partial charge >= 0.3 is 12.7 Å². The molecule has 124 valence electrons. The number of hydrogen-bond acceptors (Lipinski definition) is 9. The molecule has 0 aromatic carbocycles. The van der Waals surface area contributed by atoms with Crippen LogP contribution in [-0.4, -0.2) is 48.9 Å². The Kier molecular flexibility index (Phi) is 4.22. The number of hydrogen-bond donors (Lipinski definition) is 1. The van der Waals surface area contributed by atoms with Gasteiger partial charge in [0.15, 0.2) is 17.7 Å². The highest BCUT2D eigenvalue weighted by molar-refractivity contribution is 8.07. The average molecular weight is 352 g/mol. The van der Waals surface area contributed by atoms with Gasteiger partial charge in [0.1, 0.15) is 6.10 Å². The number of rotatable bonds is 3. The first kappa shape index (κ1) is 16.2. The largest absolute Gasteiger partial charge is 0.505 e. The number of cyclic esters (lactones) is 1. The SMILES string of the molecule is CC1(C)OC[C@@H]([C@H]2OC(=O)C(OP3(=S)OCCCO3)=C2O)O1. The molecule has 0 bridgehead atoms. The molecule has 3 aliphatic heterocycles. The van der Waals surface area contributed by atoms with E-state index in [0.29, 0.717) is 19.6 Å². The predicted molar refractivity (Wildman–Crippen MR) is 76.3 cm³/mol. The van der Waals surface area contributed by atoms with Gasteiger partial charge in [-0.1, -0.05) is 0 Å². The number of carbonyl (C=O) groups excluding carboxylic acids is 1. The van der Waals surface area contributed by atoms with Crippen LogP contribution in [0.3, 0.4) is 0 Å². The van der Waals surface area contributed by atoms with Gasteiger partial charge in [-0.15, -0.1) is 0 Å². The lowest BCUT2D eigenvalue weighted by molar-refractivity contribution is -0.163. The van der Waals surface area contributed by atoms with Crippen molar-refractivity contribution in [2.75, 3.05) is 19.8 Å². The average Bonchev–Trinajstić information content (AvgIpc) is 2.93. The van der Waals surface area contributed by atoms with E-state index >= 15 is 0 Å². The fourth-order valence-corrected chi connectivity index (χ4v) is 4.22. The van der Waals surface area contributed by atoms with E-state index in [9.17, 15) is 9.90 Å². The van der Waals surface area contributed by atoms with Crippen LogP contribution in [0.4, 0.5) is 0 Å². The Labute approximate surface area is 132 Å². The zero-order chi connectivity index (χ0) is 16.0. The summed E-state index contributed by atoms with van der Waals surface area (Å²) in [6.45, 7) is 1.34. The number of ether oxygens (including phenoxy) is 3. The van der Waals surface area contributed by atoms with Gasteiger partial charge in [0.05, 0.1) is 19.8 Å². The molecule has 0 spiro atoms. The van der Waals surface area contributed by atoms with Crippen molar-refractivity contribution in [2.24, 2.45) is 0 Å². The Bertz CT molecular complexity index is 549. The molecule has 0 unspecified atom stereocenters. The first-order valence-electron chi connectivity index (χ1n) is 6.84. The molecular weight excluding hydrogens is 335 g/mol. The molecule has 3 rings (SSSR count). The van der Waals surface area contributed by atoms with Gasteiger partial charge in [-0.2, -0.15) is 0 Å². The van der Waals surface area contributed by atoms with Crippen molar-refractivity contribution in [3.05, 3.63) is 11.5 Å². The maximum Gasteiger partial charge on any atom is 0.380 e. The maximum absolute atomic E-state index is 11.9. The van der Waals surface area contributed by atoms with Crippen LogP contribution in [0.25, 0.3) is 0 Å². The van der Waals surface area contributed by atoms with Gasteiger partial charge in [-0.3, -0.25) is 9.05 Å². The van der Waals surface area contributed by atoms with E-state index in [1.165, 1.54) is 0 Å². The molecule has 0 aromatic heterocycles. The second-order valence-corrected chi connectivity index (χ2v) is 8.40. The predicted octanol–water partition coefficient (Wildman–Crippen LogP) is 1.51. The van der Waals surface area contributed by atoms with Crippen LogP contribution in [0.2, 0.25) is 0 Å². The summed E-state index contributed by atoms with van der Waals surface area (Å²) in [6.07, 6.45) is -0.911. The smallest absolute Gasteiger partial charge is 0.380 e. The van der Waals surface area contributed by atoms with Crippen molar-refractivity contribution in [3.63, 3.8) is 0 Å². The Morgan fingerprint density at radius 1 is 1.36 bits per heavy atom. The fourth-order valence-electron chi connectivity index (χ4n) is 2.27. The number of carbonyl (C=O) groups is 1. The summed E-state index contributed by atoms with van der Waals surface area (Å²) >= 11 is 5.14. The van der Waals surface area contributed by atoms with Gasteiger partial charge < -0.3 is 23.8 Å². The highest BCUT2D eigenvalue weighted by Gasteiger charge is 2.48. The van der Waals surface area contributed by atoms with Crippen LogP contribution >= 0.6 is 6.72 Å². The molecule has 2 atom stereocenters. The summed E-state index contributed by atoms with van der Waals surface area (Å²) in [6, 6.07) is 0. The van der Waals surface area contributed by atoms with E-state index in [-0.39, 0.29) is 18.1 Å². The van der Waals surface area contributed by atoms with Gasteiger partial charge in [0.2, 0.25) is 0 Å². The molecule has 3 aliphatic rings. The van der Waals surface area contributed by atoms with Crippen molar-refractivity contribution >= 4 is 24.5 Å². The summed E-state index contributed by atoms with van der Waals surface area (Å²) in [5.41, 5.74) is 0. The molecule has 0 aliphatic carbocycles. The minimum absolute atomic E-state index is 0.184. The third kappa shape index (κ3) is 3.15. The van der Waals surface area contributed by atoms with Crippen LogP contribution in [0.5, 0.6) is 0 Å². The van der Waals surface area contributed by atoms with Crippen molar-refractivity contribution in [2.45, 2.75) is 38.3 Å². The Morgan fingerprint density at radius 3 is 2.64 bits per heavy atom. The highest BCUT2D eigenvalue weighted by Crippen LogP contribution is 2.55. The van der Waals surface area contributed by atoms with E-state index < -0.39 is 30.7 Å². The van der Waals surface area contributed by atoms with Gasteiger partial charge in [0.25, 0.3) is 5.76 Å². The molecule has 22 heavy (non-hydrogen) atoms. The van der Waals surface area contributed by atoms with E-state index in [2.05, 4.69) is 0 Å². The van der Waals surface area contributed by atoms with Crippen molar-refractivity contribution < 1.29 is 37.7 Å². The molecule has 2 saturated heterocycles. The second kappa shape index (κ2) is 5.74. The zero-order valence-corrected chi connectivity index (χ0v) is 13.9. The first-order valence-corrected chi connectivity index (χ1v) is 9.40. The normalized spacial score (nSPS) is 33.8. The zero-order valence-electron chi connectivity index (χ0n) is 12.1. The van der Waals surface area contributed by atoms with Crippen molar-refractivity contribution in [1.82, 2.24) is 0 Å². The molecule has 3 heterocycles. The van der Waals surface area contributed by atoms with Gasteiger partial charge in [-0.25, -0.2) is 4.79 Å². The molecule has 2 fully saturated rings. The van der Waals surface area contributed by atoms with E-state index in [4.69, 9.17) is 39.6 Å². The number of aliphatic hydroxyl groups is 1. The van der Waals surface area contributed by atoms with E-state index in [1.54, 1.807) is 13.8 Å². The minimum Gasteiger partial charge on any atom is -0.505 e. The van der Waals surface area contributed by atoms with Crippen LogP contribution in [0.1, 0.15) is 20.3 Å². The molecule has 8 nitrogen and oxygen atoms in total. The Morgan fingerprint density at radius 2 is 2.05 bits per heavy atom. The molecular formula is C12H17O8PS. The summed E-state index contributed by atoms with van der Waals surface area (Å²) in [5, 5.41) is 10.2. The lowest BCUT2D eigenvalue weighted by atomic mass is 10.2. The lowest BCUT2D eigenvalue weighted by Crippen LogP contribution is -2.32. The number of esters is 1. The second-order valence-electron chi connectivity index (χ2n) is 5.47. The van der Waals surface area contributed by atoms with Crippen LogP contribution < -0.4 is 0 Å². The molecule has 0 amide bonds. The maximum atomic E-state index is 11.9. The minimum atomic E-state index is -3.08.